The van der Waals surface area contributed by atoms with Crippen molar-refractivity contribution in [3.8, 4) is 11.4 Å². The number of hydrogen-bond acceptors (Lipinski definition) is 5. The van der Waals surface area contributed by atoms with E-state index in [1.54, 1.807) is 12.1 Å². The molecule has 1 N–H and O–H groups in total. The summed E-state index contributed by atoms with van der Waals surface area (Å²) in [5.41, 5.74) is 2.60. The molecule has 4 rings (SSSR count). The van der Waals surface area contributed by atoms with Gasteiger partial charge in [-0.15, -0.1) is 10.2 Å². The average Bonchev–Trinajstić information content (AvgIpc) is 3.43. The number of benzene rings is 2. The number of amides is 1. The molecule has 1 amide bonds. The highest BCUT2D eigenvalue weighted by molar-refractivity contribution is 7.99. The SMILES string of the molecule is CC(C)(C)c1ccccc1NC(=O)CSc1nnc(-c2ccc(F)cc2)n1CC1CCCO1. The second kappa shape index (κ2) is 10.1. The van der Waals surface area contributed by atoms with E-state index in [4.69, 9.17) is 4.74 Å². The minimum atomic E-state index is -0.300. The molecule has 33 heavy (non-hydrogen) atoms. The van der Waals surface area contributed by atoms with Crippen LogP contribution in [0, 0.1) is 5.82 Å². The summed E-state index contributed by atoms with van der Waals surface area (Å²) in [6, 6.07) is 14.1. The first kappa shape index (κ1) is 23.4. The Hall–Kier alpha value is -2.71. The highest BCUT2D eigenvalue weighted by atomic mass is 32.2. The third-order valence-electron chi connectivity index (χ3n) is 5.57. The Morgan fingerprint density at radius 2 is 1.94 bits per heavy atom. The van der Waals surface area contributed by atoms with E-state index >= 15 is 0 Å². The lowest BCUT2D eigenvalue weighted by atomic mass is 9.86. The molecule has 0 bridgehead atoms. The molecule has 2 aromatic carbocycles. The summed E-state index contributed by atoms with van der Waals surface area (Å²) in [6.45, 7) is 7.71. The fourth-order valence-corrected chi connectivity index (χ4v) is 4.67. The van der Waals surface area contributed by atoms with E-state index in [2.05, 4.69) is 36.3 Å². The van der Waals surface area contributed by atoms with Crippen LogP contribution >= 0.6 is 11.8 Å². The summed E-state index contributed by atoms with van der Waals surface area (Å²) in [7, 11) is 0. The molecule has 1 aromatic heterocycles. The van der Waals surface area contributed by atoms with Crippen molar-refractivity contribution in [3.63, 3.8) is 0 Å². The Balaban J connectivity index is 1.51. The van der Waals surface area contributed by atoms with E-state index in [-0.39, 0.29) is 29.0 Å². The zero-order valence-corrected chi connectivity index (χ0v) is 20.0. The van der Waals surface area contributed by atoms with Crippen LogP contribution in [0.2, 0.25) is 0 Å². The van der Waals surface area contributed by atoms with E-state index in [0.717, 1.165) is 36.3 Å². The average molecular weight is 469 g/mol. The van der Waals surface area contributed by atoms with E-state index < -0.39 is 0 Å². The number of anilines is 1. The van der Waals surface area contributed by atoms with Gasteiger partial charge in [0.25, 0.3) is 0 Å². The van der Waals surface area contributed by atoms with Crippen molar-refractivity contribution < 1.29 is 13.9 Å². The molecule has 1 fully saturated rings. The molecule has 0 aliphatic carbocycles. The number of ether oxygens (including phenoxy) is 1. The number of rotatable bonds is 7. The number of halogens is 1. The summed E-state index contributed by atoms with van der Waals surface area (Å²) in [5, 5.41) is 12.4. The van der Waals surface area contributed by atoms with Gasteiger partial charge in [-0.2, -0.15) is 0 Å². The third kappa shape index (κ3) is 5.81. The minimum absolute atomic E-state index is 0.0760. The van der Waals surface area contributed by atoms with E-state index in [0.29, 0.717) is 17.5 Å². The number of para-hydroxylation sites is 1. The van der Waals surface area contributed by atoms with Gasteiger partial charge in [-0.3, -0.25) is 9.36 Å². The number of nitrogens with zero attached hydrogens (tertiary/aromatic N) is 3. The van der Waals surface area contributed by atoms with Crippen molar-refractivity contribution in [3.05, 3.63) is 59.9 Å². The maximum atomic E-state index is 13.4. The van der Waals surface area contributed by atoms with E-state index in [1.165, 1.54) is 23.9 Å². The van der Waals surface area contributed by atoms with Crippen molar-refractivity contribution >= 4 is 23.4 Å². The molecule has 1 atom stereocenters. The quantitative estimate of drug-likeness (QED) is 0.477. The number of aromatic nitrogens is 3. The van der Waals surface area contributed by atoms with Gasteiger partial charge in [0.2, 0.25) is 5.91 Å². The molecule has 6 nitrogen and oxygen atoms in total. The Morgan fingerprint density at radius 3 is 2.64 bits per heavy atom. The van der Waals surface area contributed by atoms with Crippen molar-refractivity contribution in [2.24, 2.45) is 0 Å². The van der Waals surface area contributed by atoms with Crippen LogP contribution in [0.15, 0.2) is 53.7 Å². The zero-order chi connectivity index (χ0) is 23.4. The summed E-state index contributed by atoms with van der Waals surface area (Å²) < 4.78 is 21.2. The summed E-state index contributed by atoms with van der Waals surface area (Å²) in [6.07, 6.45) is 2.07. The zero-order valence-electron chi connectivity index (χ0n) is 19.2. The van der Waals surface area contributed by atoms with Gasteiger partial charge in [-0.05, 0) is 54.2 Å². The number of hydrogen-bond donors (Lipinski definition) is 1. The maximum absolute atomic E-state index is 13.4. The molecular formula is C25H29FN4O2S. The van der Waals surface area contributed by atoms with E-state index in [9.17, 15) is 9.18 Å². The van der Waals surface area contributed by atoms with Gasteiger partial charge in [0, 0.05) is 17.9 Å². The Morgan fingerprint density at radius 1 is 1.18 bits per heavy atom. The fourth-order valence-electron chi connectivity index (χ4n) is 3.93. The lowest BCUT2D eigenvalue weighted by molar-refractivity contribution is -0.113. The van der Waals surface area contributed by atoms with Gasteiger partial charge in [0.05, 0.1) is 18.4 Å². The van der Waals surface area contributed by atoms with E-state index in [1.807, 2.05) is 28.8 Å². The normalized spacial score (nSPS) is 16.2. The third-order valence-corrected chi connectivity index (χ3v) is 6.54. The minimum Gasteiger partial charge on any atom is -0.376 e. The standard InChI is InChI=1S/C25H29FN4O2S/c1-25(2,3)20-8-4-5-9-21(20)27-22(31)16-33-24-29-28-23(17-10-12-18(26)13-11-17)30(24)15-19-7-6-14-32-19/h4-5,8-13,19H,6-7,14-16H2,1-3H3,(H,27,31). The van der Waals surface area contributed by atoms with Gasteiger partial charge in [0.1, 0.15) is 5.82 Å². The number of thioether (sulfide) groups is 1. The molecule has 3 aromatic rings. The second-order valence-corrected chi connectivity index (χ2v) is 10.1. The van der Waals surface area contributed by atoms with Crippen molar-refractivity contribution in [1.29, 1.82) is 0 Å². The summed E-state index contributed by atoms with van der Waals surface area (Å²) in [5.74, 6) is 0.440. The molecule has 0 spiro atoms. The van der Waals surface area contributed by atoms with Crippen LogP contribution in [0.1, 0.15) is 39.2 Å². The van der Waals surface area contributed by atoms with Gasteiger partial charge in [0.15, 0.2) is 11.0 Å². The van der Waals surface area contributed by atoms with Crippen LogP contribution in [0.4, 0.5) is 10.1 Å². The summed E-state index contributed by atoms with van der Waals surface area (Å²) >= 11 is 1.34. The van der Waals surface area contributed by atoms with Crippen molar-refractivity contribution in [1.82, 2.24) is 14.8 Å². The first-order chi connectivity index (χ1) is 15.8. The monoisotopic (exact) mass is 468 g/mol. The second-order valence-electron chi connectivity index (χ2n) is 9.19. The fraction of sp³-hybridized carbons (Fsp3) is 0.400. The highest BCUT2D eigenvalue weighted by Gasteiger charge is 2.23. The molecule has 1 aliphatic rings. The van der Waals surface area contributed by atoms with Crippen LogP contribution < -0.4 is 5.32 Å². The Bertz CT molecular complexity index is 1100. The Kier molecular flexibility index (Phi) is 7.14. The number of carbonyl (C=O) groups is 1. The van der Waals surface area contributed by atoms with Crippen LogP contribution in [-0.4, -0.2) is 39.1 Å². The lowest BCUT2D eigenvalue weighted by Gasteiger charge is -2.23. The molecule has 1 aliphatic heterocycles. The molecule has 2 heterocycles. The van der Waals surface area contributed by atoms with Crippen LogP contribution in [0.3, 0.4) is 0 Å². The van der Waals surface area contributed by atoms with Crippen LogP contribution in [0.25, 0.3) is 11.4 Å². The first-order valence-corrected chi connectivity index (χ1v) is 12.1. The molecule has 0 saturated carbocycles. The molecule has 1 unspecified atom stereocenters. The predicted molar refractivity (Wildman–Crippen MR) is 129 cm³/mol. The van der Waals surface area contributed by atoms with Crippen LogP contribution in [-0.2, 0) is 21.5 Å². The van der Waals surface area contributed by atoms with Gasteiger partial charge in [-0.1, -0.05) is 50.7 Å². The molecule has 174 valence electrons. The summed E-state index contributed by atoms with van der Waals surface area (Å²) in [4.78, 5) is 12.8. The molecule has 8 heteroatoms. The molecule has 0 radical (unpaired) electrons. The molecule has 1 saturated heterocycles. The predicted octanol–water partition coefficient (Wildman–Crippen LogP) is 5.29. The smallest absolute Gasteiger partial charge is 0.234 e. The highest BCUT2D eigenvalue weighted by Crippen LogP contribution is 2.30. The van der Waals surface area contributed by atoms with Gasteiger partial charge < -0.3 is 10.1 Å². The maximum Gasteiger partial charge on any atom is 0.234 e. The molecular weight excluding hydrogens is 439 g/mol. The largest absolute Gasteiger partial charge is 0.376 e. The number of carbonyl (C=O) groups excluding carboxylic acids is 1. The van der Waals surface area contributed by atoms with Crippen molar-refractivity contribution in [2.45, 2.75) is 56.8 Å². The van der Waals surface area contributed by atoms with Crippen LogP contribution in [0.5, 0.6) is 0 Å². The first-order valence-electron chi connectivity index (χ1n) is 11.1. The van der Waals surface area contributed by atoms with Gasteiger partial charge >= 0.3 is 0 Å². The topological polar surface area (TPSA) is 69.0 Å². The Labute approximate surface area is 197 Å². The van der Waals surface area contributed by atoms with Crippen molar-refractivity contribution in [2.75, 3.05) is 17.7 Å². The van der Waals surface area contributed by atoms with Gasteiger partial charge in [-0.25, -0.2) is 4.39 Å². The lowest BCUT2D eigenvalue weighted by Crippen LogP contribution is -2.20. The number of nitrogens with one attached hydrogen (secondary N) is 1.